The van der Waals surface area contributed by atoms with E-state index in [2.05, 4.69) is 15.6 Å². The summed E-state index contributed by atoms with van der Waals surface area (Å²) < 4.78 is 1.36. The largest absolute Gasteiger partial charge is 0.476 e. The first kappa shape index (κ1) is 15.7. The lowest BCUT2D eigenvalue weighted by Crippen LogP contribution is -2.21. The number of carboxylic acids is 1. The molecule has 116 valence electrons. The number of rotatable bonds is 7. The fourth-order valence-corrected chi connectivity index (χ4v) is 2.08. The first-order valence-corrected chi connectivity index (χ1v) is 7.12. The van der Waals surface area contributed by atoms with Gasteiger partial charge in [-0.15, -0.1) is 5.10 Å². The molecule has 0 saturated carbocycles. The van der Waals surface area contributed by atoms with Crippen molar-refractivity contribution >= 4 is 17.6 Å². The number of carbonyl (C=O) groups excluding carboxylic acids is 1. The molecule has 1 aromatic heterocycles. The SMILES string of the molecule is CCCCc1c(C(=O)O)nnn1CC(=O)Nc1ccccc1. The van der Waals surface area contributed by atoms with Crippen molar-refractivity contribution in [2.24, 2.45) is 0 Å². The van der Waals surface area contributed by atoms with Crippen LogP contribution in [0.15, 0.2) is 30.3 Å². The quantitative estimate of drug-likeness (QED) is 0.815. The Morgan fingerprint density at radius 1 is 1.27 bits per heavy atom. The van der Waals surface area contributed by atoms with Crippen LogP contribution in [0.3, 0.4) is 0 Å². The second kappa shape index (κ2) is 7.35. The first-order chi connectivity index (χ1) is 10.6. The number of carbonyl (C=O) groups is 2. The standard InChI is InChI=1S/C15H18N4O3/c1-2-3-9-12-14(15(21)22)17-18-19(12)10-13(20)16-11-7-5-4-6-8-11/h4-8H,2-3,9-10H2,1H3,(H,16,20)(H,21,22). The maximum atomic E-state index is 12.0. The summed E-state index contributed by atoms with van der Waals surface area (Å²) in [7, 11) is 0. The highest BCUT2D eigenvalue weighted by atomic mass is 16.4. The van der Waals surface area contributed by atoms with Crippen LogP contribution in [0.1, 0.15) is 35.9 Å². The van der Waals surface area contributed by atoms with Crippen LogP contribution in [0.25, 0.3) is 0 Å². The Hall–Kier alpha value is -2.70. The molecule has 7 heteroatoms. The van der Waals surface area contributed by atoms with E-state index in [4.69, 9.17) is 5.11 Å². The van der Waals surface area contributed by atoms with Gasteiger partial charge in [0.25, 0.3) is 0 Å². The normalized spacial score (nSPS) is 10.4. The summed E-state index contributed by atoms with van der Waals surface area (Å²) in [6.45, 7) is 1.95. The van der Waals surface area contributed by atoms with Gasteiger partial charge in [-0.2, -0.15) is 0 Å². The molecule has 0 fully saturated rings. The van der Waals surface area contributed by atoms with Gasteiger partial charge in [0.1, 0.15) is 6.54 Å². The van der Waals surface area contributed by atoms with Gasteiger partial charge in [-0.25, -0.2) is 9.48 Å². The number of unbranched alkanes of at least 4 members (excludes halogenated alkanes) is 1. The van der Waals surface area contributed by atoms with Crippen molar-refractivity contribution in [1.29, 1.82) is 0 Å². The Kier molecular flexibility index (Phi) is 5.24. The van der Waals surface area contributed by atoms with E-state index in [0.717, 1.165) is 12.8 Å². The van der Waals surface area contributed by atoms with Crippen LogP contribution >= 0.6 is 0 Å². The number of aromatic carboxylic acids is 1. The predicted octanol–water partition coefficient (Wildman–Crippen LogP) is 1.96. The average Bonchev–Trinajstić information content (AvgIpc) is 2.89. The number of benzene rings is 1. The number of aromatic nitrogens is 3. The second-order valence-electron chi connectivity index (χ2n) is 4.87. The van der Waals surface area contributed by atoms with Gasteiger partial charge in [-0.1, -0.05) is 36.8 Å². The molecule has 0 radical (unpaired) electrons. The number of hydrogen-bond donors (Lipinski definition) is 2. The Labute approximate surface area is 128 Å². The molecule has 0 saturated heterocycles. The smallest absolute Gasteiger partial charge is 0.358 e. The number of para-hydroxylation sites is 1. The van der Waals surface area contributed by atoms with Gasteiger partial charge in [0.05, 0.1) is 5.69 Å². The molecule has 2 rings (SSSR count). The Morgan fingerprint density at radius 3 is 2.64 bits per heavy atom. The molecule has 0 unspecified atom stereocenters. The van der Waals surface area contributed by atoms with Crippen molar-refractivity contribution in [2.45, 2.75) is 32.7 Å². The van der Waals surface area contributed by atoms with Crippen molar-refractivity contribution in [2.75, 3.05) is 5.32 Å². The maximum absolute atomic E-state index is 12.0. The van der Waals surface area contributed by atoms with E-state index in [1.165, 1.54) is 4.68 Å². The Morgan fingerprint density at radius 2 is 2.00 bits per heavy atom. The fraction of sp³-hybridized carbons (Fsp3) is 0.333. The summed E-state index contributed by atoms with van der Waals surface area (Å²) in [6.07, 6.45) is 2.26. The molecular formula is C15H18N4O3. The lowest BCUT2D eigenvalue weighted by molar-refractivity contribution is -0.117. The summed E-state index contributed by atoms with van der Waals surface area (Å²) in [5.74, 6) is -1.40. The lowest BCUT2D eigenvalue weighted by atomic mass is 10.1. The predicted molar refractivity (Wildman–Crippen MR) is 80.7 cm³/mol. The molecule has 0 aliphatic heterocycles. The zero-order valence-electron chi connectivity index (χ0n) is 12.3. The van der Waals surface area contributed by atoms with E-state index in [9.17, 15) is 9.59 Å². The molecule has 1 heterocycles. The van der Waals surface area contributed by atoms with Gasteiger partial charge in [-0.05, 0) is 25.0 Å². The molecule has 2 N–H and O–H groups in total. The van der Waals surface area contributed by atoms with Gasteiger partial charge in [0.2, 0.25) is 5.91 Å². The van der Waals surface area contributed by atoms with Crippen molar-refractivity contribution in [1.82, 2.24) is 15.0 Å². The number of nitrogens with one attached hydrogen (secondary N) is 1. The highest BCUT2D eigenvalue weighted by Crippen LogP contribution is 2.11. The Bertz CT molecular complexity index is 652. The van der Waals surface area contributed by atoms with Gasteiger partial charge in [0.15, 0.2) is 5.69 Å². The lowest BCUT2D eigenvalue weighted by Gasteiger charge is -2.08. The molecule has 0 bridgehead atoms. The van der Waals surface area contributed by atoms with E-state index in [1.807, 2.05) is 25.1 Å². The zero-order valence-corrected chi connectivity index (χ0v) is 12.3. The number of carboxylic acid groups (broad SMARTS) is 1. The van der Waals surface area contributed by atoms with Crippen LogP contribution < -0.4 is 5.32 Å². The van der Waals surface area contributed by atoms with Gasteiger partial charge in [0, 0.05) is 5.69 Å². The average molecular weight is 302 g/mol. The maximum Gasteiger partial charge on any atom is 0.358 e. The minimum Gasteiger partial charge on any atom is -0.476 e. The van der Waals surface area contributed by atoms with Gasteiger partial charge < -0.3 is 10.4 Å². The van der Waals surface area contributed by atoms with E-state index in [0.29, 0.717) is 17.8 Å². The highest BCUT2D eigenvalue weighted by Gasteiger charge is 2.19. The van der Waals surface area contributed by atoms with Crippen molar-refractivity contribution in [3.63, 3.8) is 0 Å². The van der Waals surface area contributed by atoms with E-state index < -0.39 is 5.97 Å². The molecule has 0 aliphatic carbocycles. The molecule has 0 aliphatic rings. The molecule has 0 atom stereocenters. The molecule has 1 amide bonds. The third-order valence-electron chi connectivity index (χ3n) is 3.16. The highest BCUT2D eigenvalue weighted by molar-refractivity contribution is 5.91. The van der Waals surface area contributed by atoms with Crippen LogP contribution in [0, 0.1) is 0 Å². The molecule has 7 nitrogen and oxygen atoms in total. The number of nitrogens with zero attached hydrogens (tertiary/aromatic N) is 3. The van der Waals surface area contributed by atoms with Crippen LogP contribution in [0.5, 0.6) is 0 Å². The number of amides is 1. The van der Waals surface area contributed by atoms with Crippen LogP contribution in [-0.2, 0) is 17.8 Å². The van der Waals surface area contributed by atoms with Crippen molar-refractivity contribution in [3.8, 4) is 0 Å². The third kappa shape index (κ3) is 3.91. The van der Waals surface area contributed by atoms with E-state index in [-0.39, 0.29) is 18.1 Å². The minimum absolute atomic E-state index is 0.0613. The van der Waals surface area contributed by atoms with Crippen LogP contribution in [-0.4, -0.2) is 32.0 Å². The summed E-state index contributed by atoms with van der Waals surface area (Å²) in [5.41, 5.74) is 1.08. The topological polar surface area (TPSA) is 97.1 Å². The Balaban J connectivity index is 2.11. The first-order valence-electron chi connectivity index (χ1n) is 7.12. The van der Waals surface area contributed by atoms with Crippen molar-refractivity contribution in [3.05, 3.63) is 41.7 Å². The van der Waals surface area contributed by atoms with Crippen LogP contribution in [0.4, 0.5) is 5.69 Å². The summed E-state index contributed by atoms with van der Waals surface area (Å²) in [6, 6.07) is 9.05. The summed E-state index contributed by atoms with van der Waals surface area (Å²) >= 11 is 0. The molecule has 2 aromatic rings. The molecular weight excluding hydrogens is 284 g/mol. The number of hydrogen-bond acceptors (Lipinski definition) is 4. The van der Waals surface area contributed by atoms with E-state index in [1.54, 1.807) is 12.1 Å². The van der Waals surface area contributed by atoms with Gasteiger partial charge in [-0.3, -0.25) is 4.79 Å². The second-order valence-corrected chi connectivity index (χ2v) is 4.87. The van der Waals surface area contributed by atoms with Crippen molar-refractivity contribution < 1.29 is 14.7 Å². The summed E-state index contributed by atoms with van der Waals surface area (Å²) in [5, 5.41) is 19.3. The third-order valence-corrected chi connectivity index (χ3v) is 3.16. The van der Waals surface area contributed by atoms with Gasteiger partial charge >= 0.3 is 5.97 Å². The zero-order chi connectivity index (χ0) is 15.9. The fourth-order valence-electron chi connectivity index (χ4n) is 2.08. The van der Waals surface area contributed by atoms with E-state index >= 15 is 0 Å². The molecule has 1 aromatic carbocycles. The summed E-state index contributed by atoms with van der Waals surface area (Å²) in [4.78, 5) is 23.2. The molecule has 22 heavy (non-hydrogen) atoms. The number of anilines is 1. The molecule has 0 spiro atoms. The van der Waals surface area contributed by atoms with Crippen LogP contribution in [0.2, 0.25) is 0 Å². The minimum atomic E-state index is -1.12. The monoisotopic (exact) mass is 302 g/mol.